The third kappa shape index (κ3) is 2.91. The average Bonchev–Trinajstić information content (AvgIpc) is 2.79. The zero-order valence-corrected chi connectivity index (χ0v) is 11.3. The topological polar surface area (TPSA) is 50.7 Å². The summed E-state index contributed by atoms with van der Waals surface area (Å²) in [6.45, 7) is 3.18. The lowest BCUT2D eigenvalue weighted by atomic mass is 10.1. The van der Waals surface area contributed by atoms with E-state index < -0.39 is 0 Å². The van der Waals surface area contributed by atoms with Crippen LogP contribution in [0.2, 0.25) is 0 Å². The number of nitrogens with one attached hydrogen (secondary N) is 1. The van der Waals surface area contributed by atoms with Crippen LogP contribution in [0.25, 0.3) is 0 Å². The fourth-order valence-electron chi connectivity index (χ4n) is 1.72. The summed E-state index contributed by atoms with van der Waals surface area (Å²) in [7, 11) is 0. The molecule has 0 fully saturated rings. The summed E-state index contributed by atoms with van der Waals surface area (Å²) in [5.74, 6) is 1.54. The molecule has 0 aliphatic carbocycles. The molecule has 0 amide bonds. The maximum atomic E-state index is 9.10. The standard InChI is InChI=1S/C12H16BrNO3/c1-2-9(6-15)14-5-8-3-10(13)12-11(4-8)16-7-17-12/h3-4,9,14-15H,2,5-7H2,1H3/t9-/m0/s1. The molecular weight excluding hydrogens is 286 g/mol. The number of aliphatic hydroxyl groups is 1. The van der Waals surface area contributed by atoms with E-state index in [4.69, 9.17) is 14.6 Å². The molecule has 2 N–H and O–H groups in total. The molecule has 2 rings (SSSR count). The van der Waals surface area contributed by atoms with Crippen molar-refractivity contribution in [1.29, 1.82) is 0 Å². The number of ether oxygens (including phenoxy) is 2. The van der Waals surface area contributed by atoms with Crippen molar-refractivity contribution < 1.29 is 14.6 Å². The molecule has 1 heterocycles. The second-order valence-electron chi connectivity index (χ2n) is 3.98. The van der Waals surface area contributed by atoms with Crippen molar-refractivity contribution in [1.82, 2.24) is 5.32 Å². The number of hydrogen-bond donors (Lipinski definition) is 2. The molecule has 4 nitrogen and oxygen atoms in total. The van der Waals surface area contributed by atoms with Crippen molar-refractivity contribution in [2.24, 2.45) is 0 Å². The molecule has 1 atom stereocenters. The fraction of sp³-hybridized carbons (Fsp3) is 0.500. The predicted octanol–water partition coefficient (Wildman–Crippen LogP) is 2.04. The molecule has 17 heavy (non-hydrogen) atoms. The Kier molecular flexibility index (Phi) is 4.25. The molecule has 0 unspecified atom stereocenters. The molecule has 1 aliphatic rings. The number of rotatable bonds is 5. The molecule has 0 saturated heterocycles. The van der Waals surface area contributed by atoms with Crippen LogP contribution < -0.4 is 14.8 Å². The van der Waals surface area contributed by atoms with Gasteiger partial charge in [-0.1, -0.05) is 6.92 Å². The van der Waals surface area contributed by atoms with Gasteiger partial charge in [0.2, 0.25) is 6.79 Å². The highest BCUT2D eigenvalue weighted by Crippen LogP contribution is 2.39. The van der Waals surface area contributed by atoms with Gasteiger partial charge in [-0.3, -0.25) is 0 Å². The highest BCUT2D eigenvalue weighted by molar-refractivity contribution is 9.10. The first kappa shape index (κ1) is 12.7. The van der Waals surface area contributed by atoms with Gasteiger partial charge in [-0.25, -0.2) is 0 Å². The summed E-state index contributed by atoms with van der Waals surface area (Å²) in [6.07, 6.45) is 0.905. The molecule has 5 heteroatoms. The lowest BCUT2D eigenvalue weighted by Gasteiger charge is -2.14. The molecule has 0 bridgehead atoms. The SMILES string of the molecule is CC[C@@H](CO)NCc1cc(Br)c2c(c1)OCO2. The van der Waals surface area contributed by atoms with E-state index in [0.29, 0.717) is 6.54 Å². The maximum absolute atomic E-state index is 9.10. The number of benzene rings is 1. The number of hydrogen-bond acceptors (Lipinski definition) is 4. The van der Waals surface area contributed by atoms with E-state index in [9.17, 15) is 0 Å². The zero-order chi connectivity index (χ0) is 12.3. The normalized spacial score (nSPS) is 15.0. The zero-order valence-electron chi connectivity index (χ0n) is 9.70. The maximum Gasteiger partial charge on any atom is 0.231 e. The third-order valence-electron chi connectivity index (χ3n) is 2.80. The summed E-state index contributed by atoms with van der Waals surface area (Å²) < 4.78 is 11.6. The van der Waals surface area contributed by atoms with Gasteiger partial charge < -0.3 is 19.9 Å². The molecule has 94 valence electrons. The van der Waals surface area contributed by atoms with E-state index in [1.807, 2.05) is 19.1 Å². The minimum atomic E-state index is 0.138. The van der Waals surface area contributed by atoms with Crippen molar-refractivity contribution in [3.05, 3.63) is 22.2 Å². The minimum absolute atomic E-state index is 0.138. The molecule has 1 aliphatic heterocycles. The molecule has 0 spiro atoms. The summed E-state index contributed by atoms with van der Waals surface area (Å²) in [6, 6.07) is 4.11. The van der Waals surface area contributed by atoms with E-state index in [2.05, 4.69) is 21.2 Å². The van der Waals surface area contributed by atoms with Crippen LogP contribution in [-0.2, 0) is 6.54 Å². The Morgan fingerprint density at radius 1 is 1.47 bits per heavy atom. The van der Waals surface area contributed by atoms with Crippen LogP contribution in [0.3, 0.4) is 0 Å². The second-order valence-corrected chi connectivity index (χ2v) is 4.83. The largest absolute Gasteiger partial charge is 0.454 e. The van der Waals surface area contributed by atoms with Gasteiger partial charge in [0.1, 0.15) is 0 Å². The molecular formula is C12H16BrNO3. The molecule has 1 aromatic rings. The Labute approximate surface area is 109 Å². The van der Waals surface area contributed by atoms with Crippen LogP contribution in [0.5, 0.6) is 11.5 Å². The monoisotopic (exact) mass is 301 g/mol. The average molecular weight is 302 g/mol. The predicted molar refractivity (Wildman–Crippen MR) is 68.3 cm³/mol. The Morgan fingerprint density at radius 3 is 3.00 bits per heavy atom. The first-order valence-electron chi connectivity index (χ1n) is 5.66. The summed E-state index contributed by atoms with van der Waals surface area (Å²) in [5, 5.41) is 12.4. The Hall–Kier alpha value is -0.780. The van der Waals surface area contributed by atoms with E-state index >= 15 is 0 Å². The van der Waals surface area contributed by atoms with Gasteiger partial charge in [-0.05, 0) is 40.0 Å². The van der Waals surface area contributed by atoms with E-state index in [-0.39, 0.29) is 19.4 Å². The van der Waals surface area contributed by atoms with Gasteiger partial charge in [-0.15, -0.1) is 0 Å². The van der Waals surface area contributed by atoms with Crippen LogP contribution in [0.1, 0.15) is 18.9 Å². The quantitative estimate of drug-likeness (QED) is 0.874. The fourth-order valence-corrected chi connectivity index (χ4v) is 2.33. The van der Waals surface area contributed by atoms with Crippen LogP contribution in [0.4, 0.5) is 0 Å². The van der Waals surface area contributed by atoms with Gasteiger partial charge in [0.05, 0.1) is 11.1 Å². The smallest absolute Gasteiger partial charge is 0.231 e. The summed E-state index contributed by atoms with van der Waals surface area (Å²) in [4.78, 5) is 0. The van der Waals surface area contributed by atoms with Crippen LogP contribution >= 0.6 is 15.9 Å². The molecule has 0 aromatic heterocycles. The highest BCUT2D eigenvalue weighted by atomic mass is 79.9. The van der Waals surface area contributed by atoms with Crippen molar-refractivity contribution in [3.8, 4) is 11.5 Å². The summed E-state index contributed by atoms with van der Waals surface area (Å²) in [5.41, 5.74) is 1.10. The van der Waals surface area contributed by atoms with Crippen molar-refractivity contribution in [3.63, 3.8) is 0 Å². The van der Waals surface area contributed by atoms with Gasteiger partial charge >= 0.3 is 0 Å². The lowest BCUT2D eigenvalue weighted by Crippen LogP contribution is -2.31. The number of fused-ring (bicyclic) bond motifs is 1. The highest BCUT2D eigenvalue weighted by Gasteiger charge is 2.18. The Morgan fingerprint density at radius 2 is 2.29 bits per heavy atom. The molecule has 1 aromatic carbocycles. The van der Waals surface area contributed by atoms with Crippen molar-refractivity contribution in [2.75, 3.05) is 13.4 Å². The summed E-state index contributed by atoms with van der Waals surface area (Å²) >= 11 is 3.46. The van der Waals surface area contributed by atoms with Gasteiger partial charge in [-0.2, -0.15) is 0 Å². The van der Waals surface area contributed by atoms with Gasteiger partial charge in [0.15, 0.2) is 11.5 Å². The third-order valence-corrected chi connectivity index (χ3v) is 3.38. The molecule has 0 saturated carbocycles. The number of aliphatic hydroxyl groups excluding tert-OH is 1. The van der Waals surface area contributed by atoms with E-state index in [0.717, 1.165) is 28.0 Å². The Bertz CT molecular complexity index is 394. The first-order chi connectivity index (χ1) is 8.24. The van der Waals surface area contributed by atoms with Gasteiger partial charge in [0, 0.05) is 12.6 Å². The van der Waals surface area contributed by atoms with E-state index in [1.165, 1.54) is 0 Å². The van der Waals surface area contributed by atoms with Crippen LogP contribution in [-0.4, -0.2) is 24.5 Å². The van der Waals surface area contributed by atoms with Crippen molar-refractivity contribution >= 4 is 15.9 Å². The molecule has 0 radical (unpaired) electrons. The van der Waals surface area contributed by atoms with Gasteiger partial charge in [0.25, 0.3) is 0 Å². The lowest BCUT2D eigenvalue weighted by molar-refractivity contribution is 0.173. The van der Waals surface area contributed by atoms with Crippen molar-refractivity contribution in [2.45, 2.75) is 25.9 Å². The van der Waals surface area contributed by atoms with E-state index in [1.54, 1.807) is 0 Å². The first-order valence-corrected chi connectivity index (χ1v) is 6.46. The second kappa shape index (κ2) is 5.71. The van der Waals surface area contributed by atoms with Crippen LogP contribution in [0, 0.1) is 0 Å². The Balaban J connectivity index is 2.05. The van der Waals surface area contributed by atoms with Crippen LogP contribution in [0.15, 0.2) is 16.6 Å². The minimum Gasteiger partial charge on any atom is -0.454 e. The number of halogens is 1.